The van der Waals surface area contributed by atoms with E-state index in [1.807, 2.05) is 38.1 Å². The molecule has 0 bridgehead atoms. The summed E-state index contributed by atoms with van der Waals surface area (Å²) in [5, 5.41) is -1.04. The SMILES string of the molecule is CCOC(=O)[C@]1(N)[C@@H](c2ccc(C)cc2)[C@@H]1S(=O)(=O)c1ccc(C)cc1. The van der Waals surface area contributed by atoms with E-state index >= 15 is 0 Å². The molecule has 0 radical (unpaired) electrons. The van der Waals surface area contributed by atoms with E-state index in [1.54, 1.807) is 31.2 Å². The predicted molar refractivity (Wildman–Crippen MR) is 99.6 cm³/mol. The van der Waals surface area contributed by atoms with E-state index in [9.17, 15) is 13.2 Å². The molecule has 0 heterocycles. The number of benzene rings is 2. The van der Waals surface area contributed by atoms with Crippen molar-refractivity contribution in [2.24, 2.45) is 5.73 Å². The zero-order chi connectivity index (χ0) is 19.1. The number of carbonyl (C=O) groups excluding carboxylic acids is 1. The maximum atomic E-state index is 13.2. The van der Waals surface area contributed by atoms with Gasteiger partial charge in [-0.1, -0.05) is 47.5 Å². The number of carbonyl (C=O) groups is 1. The number of hydrogen-bond donors (Lipinski definition) is 1. The van der Waals surface area contributed by atoms with E-state index in [4.69, 9.17) is 10.5 Å². The molecule has 26 heavy (non-hydrogen) atoms. The fourth-order valence-electron chi connectivity index (χ4n) is 3.41. The van der Waals surface area contributed by atoms with Crippen molar-refractivity contribution < 1.29 is 17.9 Å². The van der Waals surface area contributed by atoms with Crippen LogP contribution in [0.5, 0.6) is 0 Å². The predicted octanol–water partition coefficient (Wildman–Crippen LogP) is 2.50. The van der Waals surface area contributed by atoms with Gasteiger partial charge in [0.1, 0.15) is 10.8 Å². The van der Waals surface area contributed by atoms with Crippen LogP contribution in [0.4, 0.5) is 0 Å². The van der Waals surface area contributed by atoms with Crippen molar-refractivity contribution >= 4 is 15.8 Å². The standard InChI is InChI=1S/C20H23NO4S/c1-4-25-19(22)20(21)17(15-9-5-13(2)6-10-15)18(20)26(23,24)16-11-7-14(3)8-12-16/h5-12,17-18H,4,21H2,1-3H3/t17-,18-,20-/m0/s1. The van der Waals surface area contributed by atoms with Crippen molar-refractivity contribution in [3.63, 3.8) is 0 Å². The summed E-state index contributed by atoms with van der Waals surface area (Å²) in [6, 6.07) is 14.0. The summed E-state index contributed by atoms with van der Waals surface area (Å²) < 4.78 is 31.5. The molecule has 2 N–H and O–H groups in total. The normalized spacial score (nSPS) is 24.9. The van der Waals surface area contributed by atoms with Crippen LogP contribution in [0.25, 0.3) is 0 Å². The Bertz CT molecular complexity index is 919. The Labute approximate surface area is 154 Å². The number of ether oxygens (including phenoxy) is 1. The van der Waals surface area contributed by atoms with Gasteiger partial charge in [-0.25, -0.2) is 13.2 Å². The van der Waals surface area contributed by atoms with Crippen LogP contribution >= 0.6 is 0 Å². The van der Waals surface area contributed by atoms with Crippen LogP contribution in [0.15, 0.2) is 53.4 Å². The third-order valence-corrected chi connectivity index (χ3v) is 7.19. The molecule has 1 aliphatic rings. The highest BCUT2D eigenvalue weighted by atomic mass is 32.2. The Morgan fingerprint density at radius 2 is 1.54 bits per heavy atom. The quantitative estimate of drug-likeness (QED) is 0.814. The Morgan fingerprint density at radius 1 is 1.04 bits per heavy atom. The lowest BCUT2D eigenvalue weighted by Gasteiger charge is -2.11. The van der Waals surface area contributed by atoms with E-state index in [0.717, 1.165) is 16.7 Å². The van der Waals surface area contributed by atoms with E-state index in [2.05, 4.69) is 0 Å². The fourth-order valence-corrected chi connectivity index (χ4v) is 5.64. The summed E-state index contributed by atoms with van der Waals surface area (Å²) in [5.74, 6) is -1.31. The van der Waals surface area contributed by atoms with E-state index < -0.39 is 32.5 Å². The highest BCUT2D eigenvalue weighted by Gasteiger charge is 2.74. The lowest BCUT2D eigenvalue weighted by Crippen LogP contribution is -2.41. The van der Waals surface area contributed by atoms with Crippen molar-refractivity contribution in [2.75, 3.05) is 6.61 Å². The van der Waals surface area contributed by atoms with Crippen LogP contribution in [0.2, 0.25) is 0 Å². The molecule has 5 nitrogen and oxygen atoms in total. The molecular formula is C20H23NO4S. The summed E-state index contributed by atoms with van der Waals surface area (Å²) in [7, 11) is -3.79. The number of nitrogens with two attached hydrogens (primary N) is 1. The summed E-state index contributed by atoms with van der Waals surface area (Å²) >= 11 is 0. The third kappa shape index (κ3) is 2.93. The van der Waals surface area contributed by atoms with Gasteiger partial charge in [0.25, 0.3) is 0 Å². The van der Waals surface area contributed by atoms with Crippen LogP contribution < -0.4 is 5.73 Å². The van der Waals surface area contributed by atoms with Gasteiger partial charge in [0, 0.05) is 5.92 Å². The molecule has 0 unspecified atom stereocenters. The monoisotopic (exact) mass is 373 g/mol. The summed E-state index contributed by atoms with van der Waals surface area (Å²) in [6.07, 6.45) is 0. The van der Waals surface area contributed by atoms with Crippen LogP contribution in [0.1, 0.15) is 29.5 Å². The summed E-state index contributed by atoms with van der Waals surface area (Å²) in [5.41, 5.74) is 7.49. The molecule has 138 valence electrons. The molecule has 1 fully saturated rings. The van der Waals surface area contributed by atoms with Crippen molar-refractivity contribution in [1.29, 1.82) is 0 Å². The van der Waals surface area contributed by atoms with Gasteiger partial charge in [-0.05, 0) is 38.5 Å². The van der Waals surface area contributed by atoms with Gasteiger partial charge >= 0.3 is 5.97 Å². The van der Waals surface area contributed by atoms with Crippen molar-refractivity contribution in [1.82, 2.24) is 0 Å². The highest BCUT2D eigenvalue weighted by molar-refractivity contribution is 7.92. The van der Waals surface area contributed by atoms with Crippen molar-refractivity contribution in [3.05, 3.63) is 65.2 Å². The van der Waals surface area contributed by atoms with Gasteiger partial charge in [-0.3, -0.25) is 0 Å². The molecule has 6 heteroatoms. The second-order valence-electron chi connectivity index (χ2n) is 6.82. The van der Waals surface area contributed by atoms with E-state index in [1.165, 1.54) is 0 Å². The number of aryl methyl sites for hydroxylation is 2. The lowest BCUT2D eigenvalue weighted by atomic mass is 10.1. The number of rotatable bonds is 5. The first kappa shape index (κ1) is 18.6. The molecule has 0 aromatic heterocycles. The maximum Gasteiger partial charge on any atom is 0.328 e. The van der Waals surface area contributed by atoms with E-state index in [-0.39, 0.29) is 11.5 Å². The second kappa shape index (κ2) is 6.52. The molecular weight excluding hydrogens is 350 g/mol. The number of sulfone groups is 1. The molecule has 2 aromatic carbocycles. The first-order valence-electron chi connectivity index (χ1n) is 8.56. The van der Waals surface area contributed by atoms with Gasteiger partial charge in [0.15, 0.2) is 9.84 Å². The van der Waals surface area contributed by atoms with Crippen LogP contribution in [0.3, 0.4) is 0 Å². The summed E-state index contributed by atoms with van der Waals surface area (Å²) in [6.45, 7) is 5.65. The topological polar surface area (TPSA) is 86.5 Å². The number of hydrogen-bond acceptors (Lipinski definition) is 5. The first-order valence-corrected chi connectivity index (χ1v) is 10.1. The maximum absolute atomic E-state index is 13.2. The van der Waals surface area contributed by atoms with Gasteiger partial charge in [-0.2, -0.15) is 0 Å². The van der Waals surface area contributed by atoms with Crippen molar-refractivity contribution in [3.8, 4) is 0 Å². The molecule has 0 saturated heterocycles. The largest absolute Gasteiger partial charge is 0.465 e. The average molecular weight is 373 g/mol. The average Bonchev–Trinajstić information content (AvgIpc) is 3.25. The van der Waals surface area contributed by atoms with Crippen LogP contribution in [-0.2, 0) is 19.4 Å². The fraction of sp³-hybridized carbons (Fsp3) is 0.350. The third-order valence-electron chi connectivity index (χ3n) is 4.93. The lowest BCUT2D eigenvalue weighted by molar-refractivity contribution is -0.145. The minimum atomic E-state index is -3.79. The molecule has 0 amide bonds. The molecule has 0 aliphatic heterocycles. The molecule has 1 aliphatic carbocycles. The van der Waals surface area contributed by atoms with Gasteiger partial charge in [0.05, 0.1) is 11.5 Å². The second-order valence-corrected chi connectivity index (χ2v) is 8.89. The smallest absolute Gasteiger partial charge is 0.328 e. The van der Waals surface area contributed by atoms with Gasteiger partial charge < -0.3 is 10.5 Å². The van der Waals surface area contributed by atoms with Gasteiger partial charge in [-0.15, -0.1) is 0 Å². The summed E-state index contributed by atoms with van der Waals surface area (Å²) in [4.78, 5) is 12.7. The van der Waals surface area contributed by atoms with E-state index in [0.29, 0.717) is 0 Å². The van der Waals surface area contributed by atoms with Gasteiger partial charge in [0.2, 0.25) is 0 Å². The zero-order valence-electron chi connectivity index (χ0n) is 15.1. The Hall–Kier alpha value is -2.18. The molecule has 0 spiro atoms. The van der Waals surface area contributed by atoms with Crippen molar-refractivity contribution in [2.45, 2.75) is 42.4 Å². The molecule has 2 aromatic rings. The molecule has 1 saturated carbocycles. The van der Waals surface area contributed by atoms with Crippen LogP contribution in [0, 0.1) is 13.8 Å². The Morgan fingerprint density at radius 3 is 2.04 bits per heavy atom. The minimum absolute atomic E-state index is 0.149. The molecule has 3 rings (SSSR count). The number of esters is 1. The molecule has 3 atom stereocenters. The Balaban J connectivity index is 2.06. The zero-order valence-corrected chi connectivity index (χ0v) is 15.9. The Kier molecular flexibility index (Phi) is 4.67. The highest BCUT2D eigenvalue weighted by Crippen LogP contribution is 2.56. The van der Waals surface area contributed by atoms with Crippen LogP contribution in [-0.4, -0.2) is 31.8 Å². The first-order chi connectivity index (χ1) is 12.2. The minimum Gasteiger partial charge on any atom is -0.465 e.